The molecule has 0 atom stereocenters. The number of alkyl halides is 3. The number of allylic oxidation sites excluding steroid dienone is 1. The van der Waals surface area contributed by atoms with Crippen molar-refractivity contribution in [3.8, 4) is 5.75 Å². The van der Waals surface area contributed by atoms with Gasteiger partial charge in [0.25, 0.3) is 0 Å². The van der Waals surface area contributed by atoms with Gasteiger partial charge >= 0.3 is 13.3 Å². The summed E-state index contributed by atoms with van der Waals surface area (Å²) >= 11 is 0. The Hall–Kier alpha value is -1.54. The average Bonchev–Trinajstić information content (AvgIpc) is 2.73. The maximum Gasteiger partial charge on any atom is 0.525 e. The molecule has 144 valence electrons. The fraction of sp³-hybridized carbons (Fsp3) is 0.556. The van der Waals surface area contributed by atoms with Crippen LogP contribution in [0.3, 0.4) is 0 Å². The van der Waals surface area contributed by atoms with Crippen molar-refractivity contribution in [1.29, 1.82) is 0 Å². The van der Waals surface area contributed by atoms with E-state index in [0.29, 0.717) is 5.56 Å². The highest BCUT2D eigenvalue weighted by atomic mass is 19.4. The van der Waals surface area contributed by atoms with Crippen molar-refractivity contribution in [2.75, 3.05) is 6.61 Å². The highest BCUT2D eigenvalue weighted by molar-refractivity contribution is 6.55. The molecule has 1 aliphatic rings. The lowest BCUT2D eigenvalue weighted by molar-refractivity contribution is -0.139. The molecule has 2 rings (SSSR count). The first-order chi connectivity index (χ1) is 11.8. The van der Waals surface area contributed by atoms with E-state index < -0.39 is 43.3 Å². The molecule has 1 aromatic rings. The van der Waals surface area contributed by atoms with Gasteiger partial charge in [-0.3, -0.25) is 0 Å². The van der Waals surface area contributed by atoms with Crippen LogP contribution in [0.4, 0.5) is 17.6 Å². The van der Waals surface area contributed by atoms with E-state index in [-0.39, 0.29) is 11.3 Å². The summed E-state index contributed by atoms with van der Waals surface area (Å²) in [6.07, 6.45) is -5.33. The van der Waals surface area contributed by atoms with Crippen molar-refractivity contribution in [3.05, 3.63) is 35.6 Å². The van der Waals surface area contributed by atoms with Crippen molar-refractivity contribution in [2.45, 2.75) is 58.4 Å². The van der Waals surface area contributed by atoms with Gasteiger partial charge < -0.3 is 14.0 Å². The number of ether oxygens (including phenoxy) is 1. The zero-order chi connectivity index (χ0) is 19.8. The normalized spacial score (nSPS) is 20.1. The van der Waals surface area contributed by atoms with Gasteiger partial charge in [-0.05, 0) is 57.9 Å². The van der Waals surface area contributed by atoms with Gasteiger partial charge in [0.05, 0.1) is 24.2 Å². The summed E-state index contributed by atoms with van der Waals surface area (Å²) in [5.74, 6) is 0.243. The molecule has 0 spiro atoms. The van der Waals surface area contributed by atoms with Gasteiger partial charge in [-0.2, -0.15) is 13.2 Å². The Morgan fingerprint density at radius 1 is 1.12 bits per heavy atom. The number of hydrogen-bond donors (Lipinski definition) is 0. The summed E-state index contributed by atoms with van der Waals surface area (Å²) in [6, 6.07) is 6.27. The summed E-state index contributed by atoms with van der Waals surface area (Å²) < 4.78 is 68.0. The Labute approximate surface area is 151 Å². The first-order valence-corrected chi connectivity index (χ1v) is 8.34. The van der Waals surface area contributed by atoms with Crippen molar-refractivity contribution in [1.82, 2.24) is 0 Å². The average molecular weight is 374 g/mol. The fourth-order valence-electron chi connectivity index (χ4n) is 2.36. The van der Waals surface area contributed by atoms with Crippen molar-refractivity contribution < 1.29 is 31.6 Å². The molecular weight excluding hydrogens is 351 g/mol. The zero-order valence-corrected chi connectivity index (χ0v) is 15.5. The summed E-state index contributed by atoms with van der Waals surface area (Å²) in [7, 11) is -1.13. The molecular formula is C18H23BF4O3. The van der Waals surface area contributed by atoms with E-state index in [2.05, 4.69) is 0 Å². The highest BCUT2D eigenvalue weighted by Gasteiger charge is 2.53. The molecule has 0 unspecified atom stereocenters. The monoisotopic (exact) mass is 374 g/mol. The van der Waals surface area contributed by atoms with E-state index in [1.165, 1.54) is 12.1 Å². The number of benzene rings is 1. The molecule has 1 saturated heterocycles. The van der Waals surface area contributed by atoms with Gasteiger partial charge in [-0.15, -0.1) is 0 Å². The minimum absolute atomic E-state index is 0.243. The fourth-order valence-corrected chi connectivity index (χ4v) is 2.36. The number of hydrogen-bond acceptors (Lipinski definition) is 3. The van der Waals surface area contributed by atoms with Crippen LogP contribution >= 0.6 is 0 Å². The summed E-state index contributed by atoms with van der Waals surface area (Å²) in [5, 5.41) is 0. The van der Waals surface area contributed by atoms with Crippen LogP contribution in [0.25, 0.3) is 5.57 Å². The lowest BCUT2D eigenvalue weighted by atomic mass is 9.83. The second-order valence-electron chi connectivity index (χ2n) is 7.30. The molecule has 1 aliphatic heterocycles. The SMILES string of the molecule is CC(=C(F)B1OC(C)(C)C(C)(C)O1)c1cccc(OCCC(F)(F)F)c1. The van der Waals surface area contributed by atoms with E-state index in [1.54, 1.807) is 19.1 Å². The van der Waals surface area contributed by atoms with Crippen LogP contribution in [0, 0.1) is 0 Å². The zero-order valence-electron chi connectivity index (χ0n) is 15.5. The Morgan fingerprint density at radius 3 is 2.23 bits per heavy atom. The molecule has 26 heavy (non-hydrogen) atoms. The van der Waals surface area contributed by atoms with Crippen LogP contribution in [-0.4, -0.2) is 31.1 Å². The second kappa shape index (κ2) is 7.23. The van der Waals surface area contributed by atoms with Crippen molar-refractivity contribution in [3.63, 3.8) is 0 Å². The third kappa shape index (κ3) is 4.79. The van der Waals surface area contributed by atoms with Gasteiger partial charge in [0.1, 0.15) is 11.5 Å². The second-order valence-corrected chi connectivity index (χ2v) is 7.30. The lowest BCUT2D eigenvalue weighted by Crippen LogP contribution is -2.41. The van der Waals surface area contributed by atoms with Gasteiger partial charge in [0.2, 0.25) is 0 Å². The van der Waals surface area contributed by atoms with Crippen molar-refractivity contribution in [2.24, 2.45) is 0 Å². The molecule has 0 radical (unpaired) electrons. The van der Waals surface area contributed by atoms with Gasteiger partial charge in [0, 0.05) is 0 Å². The first-order valence-electron chi connectivity index (χ1n) is 8.34. The molecule has 1 heterocycles. The molecule has 3 nitrogen and oxygen atoms in total. The predicted octanol–water partition coefficient (Wildman–Crippen LogP) is 5.35. The summed E-state index contributed by atoms with van der Waals surface area (Å²) in [5.41, 5.74) is -1.14. The van der Waals surface area contributed by atoms with Crippen molar-refractivity contribution >= 4 is 12.7 Å². The Kier molecular flexibility index (Phi) is 5.78. The maximum atomic E-state index is 14.9. The molecule has 0 amide bonds. The van der Waals surface area contributed by atoms with Crippen LogP contribution in [0.15, 0.2) is 30.0 Å². The number of halogens is 4. The molecule has 0 aromatic heterocycles. The van der Waals surface area contributed by atoms with Crippen LogP contribution in [0.5, 0.6) is 5.75 Å². The highest BCUT2D eigenvalue weighted by Crippen LogP contribution is 2.40. The third-order valence-electron chi connectivity index (χ3n) is 4.74. The molecule has 1 aromatic carbocycles. The van der Waals surface area contributed by atoms with Crippen LogP contribution in [0.1, 0.15) is 46.6 Å². The van der Waals surface area contributed by atoms with E-state index in [9.17, 15) is 17.6 Å². The minimum atomic E-state index is -4.28. The molecule has 0 bridgehead atoms. The Morgan fingerprint density at radius 2 is 1.69 bits per heavy atom. The van der Waals surface area contributed by atoms with Gasteiger partial charge in [0.15, 0.2) is 0 Å². The molecule has 0 aliphatic carbocycles. The maximum absolute atomic E-state index is 14.9. The minimum Gasteiger partial charge on any atom is -0.493 e. The molecule has 0 saturated carbocycles. The molecule has 1 fully saturated rings. The van der Waals surface area contributed by atoms with Crippen LogP contribution in [0.2, 0.25) is 0 Å². The van der Waals surface area contributed by atoms with E-state index in [1.807, 2.05) is 27.7 Å². The van der Waals surface area contributed by atoms with Gasteiger partial charge in [-0.25, -0.2) is 4.39 Å². The summed E-state index contributed by atoms with van der Waals surface area (Å²) in [6.45, 7) is 8.37. The molecule has 0 N–H and O–H groups in total. The summed E-state index contributed by atoms with van der Waals surface area (Å²) in [4.78, 5) is 0. The Balaban J connectivity index is 2.15. The van der Waals surface area contributed by atoms with E-state index in [4.69, 9.17) is 14.0 Å². The quantitative estimate of drug-likeness (QED) is 0.514. The number of rotatable bonds is 5. The standard InChI is InChI=1S/C18H23BF4O3/c1-12(15(20)19-25-16(2,3)17(4,5)26-19)13-7-6-8-14(11-13)24-10-9-18(21,22)23/h6-8,11H,9-10H2,1-5H3. The van der Waals surface area contributed by atoms with Crippen LogP contribution in [-0.2, 0) is 9.31 Å². The topological polar surface area (TPSA) is 27.7 Å². The Bertz CT molecular complexity index is 667. The molecule has 8 heteroatoms. The largest absolute Gasteiger partial charge is 0.525 e. The smallest absolute Gasteiger partial charge is 0.493 e. The van der Waals surface area contributed by atoms with Gasteiger partial charge in [-0.1, -0.05) is 12.1 Å². The van der Waals surface area contributed by atoms with Crippen LogP contribution < -0.4 is 4.74 Å². The third-order valence-corrected chi connectivity index (χ3v) is 4.74. The van der Waals surface area contributed by atoms with E-state index >= 15 is 0 Å². The predicted molar refractivity (Wildman–Crippen MR) is 92.4 cm³/mol. The first kappa shape index (κ1) is 20.8. The lowest BCUT2D eigenvalue weighted by Gasteiger charge is -2.32. The van der Waals surface area contributed by atoms with E-state index in [0.717, 1.165) is 0 Å².